The van der Waals surface area contributed by atoms with E-state index in [2.05, 4.69) is 28.1 Å². The number of nitrogens with zero attached hydrogens (tertiary/aromatic N) is 5. The van der Waals surface area contributed by atoms with Gasteiger partial charge in [0.25, 0.3) is 0 Å². The largest absolute Gasteiger partial charge is 0.453 e. The number of fused-ring (bicyclic) bond motifs is 1. The van der Waals surface area contributed by atoms with Crippen molar-refractivity contribution in [1.82, 2.24) is 24.6 Å². The van der Waals surface area contributed by atoms with Crippen molar-refractivity contribution in [3.63, 3.8) is 0 Å². The fourth-order valence-corrected chi connectivity index (χ4v) is 5.50. The van der Waals surface area contributed by atoms with Crippen molar-refractivity contribution < 1.29 is 9.21 Å². The first kappa shape index (κ1) is 20.5. The maximum atomic E-state index is 12.3. The number of hydrogen-bond acceptors (Lipinski definition) is 6. The molecule has 3 heterocycles. The molecule has 1 aliphatic heterocycles. The zero-order valence-corrected chi connectivity index (χ0v) is 18.4. The van der Waals surface area contributed by atoms with E-state index in [4.69, 9.17) is 4.42 Å². The molecule has 2 aromatic heterocycles. The molecule has 1 amide bonds. The van der Waals surface area contributed by atoms with Gasteiger partial charge >= 0.3 is 0 Å². The lowest BCUT2D eigenvalue weighted by Gasteiger charge is -2.34. The summed E-state index contributed by atoms with van der Waals surface area (Å²) in [6.07, 6.45) is 6.82. The molecular formula is C21H31N5O2S. The van der Waals surface area contributed by atoms with Crippen LogP contribution in [0.25, 0.3) is 0 Å². The van der Waals surface area contributed by atoms with Gasteiger partial charge < -0.3 is 13.9 Å². The van der Waals surface area contributed by atoms with Crippen molar-refractivity contribution in [2.75, 3.05) is 20.1 Å². The number of carbonyl (C=O) groups is 1. The Kier molecular flexibility index (Phi) is 6.29. The van der Waals surface area contributed by atoms with E-state index in [1.807, 2.05) is 29.6 Å². The van der Waals surface area contributed by atoms with Gasteiger partial charge in [0.15, 0.2) is 10.2 Å². The predicted molar refractivity (Wildman–Crippen MR) is 111 cm³/mol. The van der Waals surface area contributed by atoms with Gasteiger partial charge in [-0.05, 0) is 68.0 Å². The van der Waals surface area contributed by atoms with Crippen LogP contribution in [-0.2, 0) is 18.4 Å². The lowest BCUT2D eigenvalue weighted by molar-refractivity contribution is -0.131. The van der Waals surface area contributed by atoms with Crippen LogP contribution in [-0.4, -0.2) is 56.7 Å². The second-order valence-electron chi connectivity index (χ2n) is 8.47. The van der Waals surface area contributed by atoms with Gasteiger partial charge in [-0.1, -0.05) is 6.92 Å². The van der Waals surface area contributed by atoms with Gasteiger partial charge in [-0.2, -0.15) is 0 Å². The molecule has 0 spiro atoms. The van der Waals surface area contributed by atoms with Crippen molar-refractivity contribution in [3.05, 3.63) is 24.2 Å². The van der Waals surface area contributed by atoms with Crippen molar-refractivity contribution >= 4 is 17.7 Å². The van der Waals surface area contributed by atoms with Crippen LogP contribution in [0.1, 0.15) is 44.8 Å². The van der Waals surface area contributed by atoms with Gasteiger partial charge in [-0.25, -0.2) is 0 Å². The first-order valence-corrected chi connectivity index (χ1v) is 11.4. The predicted octanol–water partition coefficient (Wildman–Crippen LogP) is 3.42. The lowest BCUT2D eigenvalue weighted by Crippen LogP contribution is -2.38. The number of piperidine rings is 1. The van der Waals surface area contributed by atoms with E-state index in [1.165, 1.54) is 24.6 Å². The number of hydrogen-bond donors (Lipinski definition) is 0. The zero-order valence-electron chi connectivity index (χ0n) is 17.6. The van der Waals surface area contributed by atoms with Crippen LogP contribution in [0, 0.1) is 11.8 Å². The fourth-order valence-electron chi connectivity index (χ4n) is 4.76. The molecule has 7 nitrogen and oxygen atoms in total. The Hall–Kier alpha value is -1.80. The molecule has 29 heavy (non-hydrogen) atoms. The average molecular weight is 418 g/mol. The third-order valence-electron chi connectivity index (χ3n) is 6.41. The molecule has 2 aliphatic rings. The van der Waals surface area contributed by atoms with Crippen molar-refractivity contribution in [3.8, 4) is 0 Å². The third-order valence-corrected chi connectivity index (χ3v) is 7.38. The molecule has 1 saturated carbocycles. The highest BCUT2D eigenvalue weighted by atomic mass is 32.2. The Morgan fingerprint density at radius 3 is 2.93 bits per heavy atom. The van der Waals surface area contributed by atoms with Crippen LogP contribution in [0.5, 0.6) is 0 Å². The number of rotatable bonds is 7. The summed E-state index contributed by atoms with van der Waals surface area (Å²) in [4.78, 5) is 16.8. The van der Waals surface area contributed by atoms with E-state index in [1.54, 1.807) is 6.33 Å². The maximum Gasteiger partial charge on any atom is 0.222 e. The molecular weight excluding hydrogens is 386 g/mol. The number of aryl methyl sites for hydroxylation is 1. The van der Waals surface area contributed by atoms with Gasteiger partial charge in [0.05, 0.1) is 6.54 Å². The molecule has 2 fully saturated rings. The van der Waals surface area contributed by atoms with Crippen molar-refractivity contribution in [1.29, 1.82) is 0 Å². The molecule has 0 N–H and O–H groups in total. The summed E-state index contributed by atoms with van der Waals surface area (Å²) in [5, 5.41) is 9.68. The molecule has 0 radical (unpaired) electrons. The van der Waals surface area contributed by atoms with E-state index in [0.29, 0.717) is 24.3 Å². The van der Waals surface area contributed by atoms with Gasteiger partial charge in [0.1, 0.15) is 12.1 Å². The van der Waals surface area contributed by atoms with Gasteiger partial charge in [0, 0.05) is 33.1 Å². The molecule has 158 valence electrons. The van der Waals surface area contributed by atoms with Crippen molar-refractivity contribution in [2.24, 2.45) is 18.9 Å². The smallest absolute Gasteiger partial charge is 0.222 e. The van der Waals surface area contributed by atoms with E-state index in [9.17, 15) is 4.79 Å². The summed E-state index contributed by atoms with van der Waals surface area (Å²) in [6, 6.07) is 4.50. The highest BCUT2D eigenvalue weighted by Crippen LogP contribution is 2.40. The number of likely N-dealkylation sites (tertiary alicyclic amines) is 1. The minimum absolute atomic E-state index is 0.302. The maximum absolute atomic E-state index is 12.3. The van der Waals surface area contributed by atoms with Gasteiger partial charge in [-0.15, -0.1) is 10.2 Å². The number of amides is 1. The van der Waals surface area contributed by atoms with Crippen LogP contribution in [0.15, 0.2) is 33.1 Å². The molecule has 4 rings (SSSR count). The molecule has 1 saturated heterocycles. The van der Waals surface area contributed by atoms with Crippen LogP contribution in [0.2, 0.25) is 0 Å². The SMILES string of the molecule is CCCC(=O)N(C)[C@H]1C[C@H]2CCN(Cc3ccc(Sc4nncn4C)o3)C[C@H]2C1. The Labute approximate surface area is 176 Å². The number of furan rings is 1. The second kappa shape index (κ2) is 8.92. The monoisotopic (exact) mass is 417 g/mol. The second-order valence-corrected chi connectivity index (χ2v) is 9.44. The minimum atomic E-state index is 0.302. The molecule has 3 atom stereocenters. The van der Waals surface area contributed by atoms with Gasteiger partial charge in [0.2, 0.25) is 5.91 Å². The highest BCUT2D eigenvalue weighted by molar-refractivity contribution is 7.99. The molecule has 0 aromatic carbocycles. The fraction of sp³-hybridized carbons (Fsp3) is 0.667. The van der Waals surface area contributed by atoms with E-state index in [0.717, 1.165) is 54.4 Å². The minimum Gasteiger partial charge on any atom is -0.453 e. The van der Waals surface area contributed by atoms with Crippen LogP contribution >= 0.6 is 11.8 Å². The summed E-state index contributed by atoms with van der Waals surface area (Å²) in [5.41, 5.74) is 0. The topological polar surface area (TPSA) is 67.4 Å². The lowest BCUT2D eigenvalue weighted by atomic mass is 9.89. The normalized spacial score (nSPS) is 24.6. The standard InChI is InChI=1S/C21H31N5O2S/c1-4-5-19(27)25(3)17-10-15-8-9-26(12-16(15)11-17)13-18-6-7-20(28-18)29-21-23-22-14-24(21)2/h6-7,14-17H,4-5,8-13H2,1-3H3/t15-,16-,17+/m1/s1. The summed E-state index contributed by atoms with van der Waals surface area (Å²) in [7, 11) is 3.93. The zero-order chi connectivity index (χ0) is 20.4. The third kappa shape index (κ3) is 4.69. The summed E-state index contributed by atoms with van der Waals surface area (Å²) in [5.74, 6) is 2.74. The van der Waals surface area contributed by atoms with Crippen LogP contribution in [0.4, 0.5) is 0 Å². The van der Waals surface area contributed by atoms with E-state index < -0.39 is 0 Å². The molecule has 8 heteroatoms. The molecule has 2 aromatic rings. The molecule has 1 aliphatic carbocycles. The molecule has 0 bridgehead atoms. The summed E-state index contributed by atoms with van der Waals surface area (Å²) < 4.78 is 7.92. The number of aromatic nitrogens is 3. The summed E-state index contributed by atoms with van der Waals surface area (Å²) >= 11 is 1.50. The first-order valence-electron chi connectivity index (χ1n) is 10.6. The Balaban J connectivity index is 1.30. The Morgan fingerprint density at radius 2 is 2.17 bits per heavy atom. The Morgan fingerprint density at radius 1 is 1.34 bits per heavy atom. The molecule has 0 unspecified atom stereocenters. The first-order chi connectivity index (χ1) is 14.0. The Bertz CT molecular complexity index is 835. The quantitative estimate of drug-likeness (QED) is 0.688. The number of carbonyl (C=O) groups excluding carboxylic acids is 1. The van der Waals surface area contributed by atoms with Crippen LogP contribution < -0.4 is 0 Å². The van der Waals surface area contributed by atoms with Crippen LogP contribution in [0.3, 0.4) is 0 Å². The van der Waals surface area contributed by atoms with Gasteiger partial charge in [-0.3, -0.25) is 9.69 Å². The average Bonchev–Trinajstić information content (AvgIpc) is 3.42. The summed E-state index contributed by atoms with van der Waals surface area (Å²) in [6.45, 7) is 5.12. The van der Waals surface area contributed by atoms with E-state index in [-0.39, 0.29) is 0 Å². The van der Waals surface area contributed by atoms with Crippen molar-refractivity contribution in [2.45, 2.75) is 61.9 Å². The van der Waals surface area contributed by atoms with E-state index >= 15 is 0 Å². The highest BCUT2D eigenvalue weighted by Gasteiger charge is 2.40.